The third-order valence-electron chi connectivity index (χ3n) is 3.90. The fraction of sp³-hybridized carbons (Fsp3) is 0.500. The normalized spacial score (nSPS) is 11.9. The molecule has 21 heavy (non-hydrogen) atoms. The fourth-order valence-corrected chi connectivity index (χ4v) is 1.58. The highest BCUT2D eigenvalue weighted by Gasteiger charge is 2.40. The van der Waals surface area contributed by atoms with Crippen molar-refractivity contribution >= 4 is 17.5 Å². The standard InChI is InChI=1S/C16H25N3O2/c1-6-18-13(20)11-8-7-9-12(10-11)19-14(21)15(2,3)16(4,5)17/h7-10H,6,17H2,1-5H3,(H,18,20)(H,19,21). The second-order valence-corrected chi connectivity index (χ2v) is 6.24. The molecule has 2 amide bonds. The molecule has 5 heteroatoms. The van der Waals surface area contributed by atoms with Crippen LogP contribution in [0.15, 0.2) is 24.3 Å². The monoisotopic (exact) mass is 291 g/mol. The lowest BCUT2D eigenvalue weighted by molar-refractivity contribution is -0.126. The molecule has 0 bridgehead atoms. The predicted molar refractivity (Wildman–Crippen MR) is 85.1 cm³/mol. The molecule has 0 spiro atoms. The lowest BCUT2D eigenvalue weighted by Gasteiger charge is -2.36. The molecule has 1 aromatic rings. The first-order valence-electron chi connectivity index (χ1n) is 7.08. The van der Waals surface area contributed by atoms with Gasteiger partial charge in [-0.3, -0.25) is 9.59 Å². The Morgan fingerprint density at radius 3 is 2.33 bits per heavy atom. The van der Waals surface area contributed by atoms with Gasteiger partial charge in [-0.1, -0.05) is 6.07 Å². The quantitative estimate of drug-likeness (QED) is 0.777. The minimum absolute atomic E-state index is 0.160. The Kier molecular flexibility index (Phi) is 5.12. The Morgan fingerprint density at radius 2 is 1.81 bits per heavy atom. The predicted octanol–water partition coefficient (Wildman–Crippen LogP) is 2.14. The van der Waals surface area contributed by atoms with E-state index in [4.69, 9.17) is 5.73 Å². The van der Waals surface area contributed by atoms with Crippen LogP contribution in [-0.2, 0) is 4.79 Å². The van der Waals surface area contributed by atoms with Crippen LogP contribution in [0.4, 0.5) is 5.69 Å². The van der Waals surface area contributed by atoms with E-state index in [-0.39, 0.29) is 11.8 Å². The van der Waals surface area contributed by atoms with Gasteiger partial charge in [0.1, 0.15) is 0 Å². The summed E-state index contributed by atoms with van der Waals surface area (Å²) in [5, 5.41) is 5.55. The number of carbonyl (C=O) groups is 2. The maximum atomic E-state index is 12.4. The summed E-state index contributed by atoms with van der Waals surface area (Å²) in [6, 6.07) is 6.85. The molecule has 0 aliphatic carbocycles. The third-order valence-corrected chi connectivity index (χ3v) is 3.90. The Morgan fingerprint density at radius 1 is 1.19 bits per heavy atom. The van der Waals surface area contributed by atoms with Gasteiger partial charge in [-0.05, 0) is 52.8 Å². The summed E-state index contributed by atoms with van der Waals surface area (Å²) in [4.78, 5) is 24.2. The van der Waals surface area contributed by atoms with Gasteiger partial charge in [0, 0.05) is 23.3 Å². The Bertz CT molecular complexity index is 531. The van der Waals surface area contributed by atoms with Crippen LogP contribution in [-0.4, -0.2) is 23.9 Å². The highest BCUT2D eigenvalue weighted by atomic mass is 16.2. The largest absolute Gasteiger partial charge is 0.352 e. The molecule has 116 valence electrons. The lowest BCUT2D eigenvalue weighted by atomic mass is 9.74. The average molecular weight is 291 g/mol. The van der Waals surface area contributed by atoms with Crippen molar-refractivity contribution in [3.8, 4) is 0 Å². The molecule has 0 saturated heterocycles. The summed E-state index contributed by atoms with van der Waals surface area (Å²) in [5.41, 5.74) is 5.76. The summed E-state index contributed by atoms with van der Waals surface area (Å²) in [5.74, 6) is -0.338. The van der Waals surface area contributed by atoms with Gasteiger partial charge in [0.25, 0.3) is 5.91 Å². The smallest absolute Gasteiger partial charge is 0.251 e. The van der Waals surface area contributed by atoms with Crippen molar-refractivity contribution in [2.24, 2.45) is 11.1 Å². The van der Waals surface area contributed by atoms with Crippen LogP contribution in [0.25, 0.3) is 0 Å². The van der Waals surface area contributed by atoms with E-state index in [0.29, 0.717) is 17.8 Å². The Labute approximate surface area is 126 Å². The third kappa shape index (κ3) is 4.04. The van der Waals surface area contributed by atoms with Crippen molar-refractivity contribution in [2.45, 2.75) is 40.2 Å². The number of nitrogens with two attached hydrogens (primary N) is 1. The summed E-state index contributed by atoms with van der Waals surface area (Å²) in [6.07, 6.45) is 0. The molecule has 0 radical (unpaired) electrons. The second kappa shape index (κ2) is 6.26. The van der Waals surface area contributed by atoms with E-state index in [1.54, 1.807) is 38.1 Å². The molecule has 0 fully saturated rings. The molecule has 0 saturated carbocycles. The number of rotatable bonds is 5. The van der Waals surface area contributed by atoms with Crippen LogP contribution >= 0.6 is 0 Å². The highest BCUT2D eigenvalue weighted by Crippen LogP contribution is 2.29. The maximum Gasteiger partial charge on any atom is 0.251 e. The molecule has 0 aromatic heterocycles. The summed E-state index contributed by atoms with van der Waals surface area (Å²) in [6.45, 7) is 9.65. The molecule has 0 heterocycles. The highest BCUT2D eigenvalue weighted by molar-refractivity contribution is 5.99. The minimum atomic E-state index is -0.741. The van der Waals surface area contributed by atoms with Gasteiger partial charge < -0.3 is 16.4 Å². The van der Waals surface area contributed by atoms with Crippen molar-refractivity contribution in [1.82, 2.24) is 5.32 Å². The molecule has 4 N–H and O–H groups in total. The van der Waals surface area contributed by atoms with Crippen molar-refractivity contribution in [2.75, 3.05) is 11.9 Å². The van der Waals surface area contributed by atoms with Gasteiger partial charge in [-0.15, -0.1) is 0 Å². The zero-order chi connectivity index (χ0) is 16.3. The molecule has 0 atom stereocenters. The molecule has 1 rings (SSSR count). The van der Waals surface area contributed by atoms with E-state index < -0.39 is 11.0 Å². The van der Waals surface area contributed by atoms with E-state index in [9.17, 15) is 9.59 Å². The maximum absolute atomic E-state index is 12.4. The first-order chi connectivity index (χ1) is 9.59. The van der Waals surface area contributed by atoms with Gasteiger partial charge in [0.2, 0.25) is 5.91 Å². The first-order valence-corrected chi connectivity index (χ1v) is 7.08. The molecule has 0 unspecified atom stereocenters. The topological polar surface area (TPSA) is 84.2 Å². The van der Waals surface area contributed by atoms with E-state index in [1.165, 1.54) is 0 Å². The molecular formula is C16H25N3O2. The molecule has 1 aromatic carbocycles. The second-order valence-electron chi connectivity index (χ2n) is 6.24. The summed E-state index contributed by atoms with van der Waals surface area (Å²) < 4.78 is 0. The number of benzene rings is 1. The number of nitrogens with one attached hydrogen (secondary N) is 2. The Balaban J connectivity index is 2.92. The Hall–Kier alpha value is -1.88. The van der Waals surface area contributed by atoms with Crippen LogP contribution < -0.4 is 16.4 Å². The van der Waals surface area contributed by atoms with Crippen molar-refractivity contribution < 1.29 is 9.59 Å². The van der Waals surface area contributed by atoms with Crippen LogP contribution in [0.2, 0.25) is 0 Å². The molecule has 5 nitrogen and oxygen atoms in total. The molecular weight excluding hydrogens is 266 g/mol. The SMILES string of the molecule is CCNC(=O)c1cccc(NC(=O)C(C)(C)C(C)(C)N)c1. The molecule has 0 aliphatic rings. The van der Waals surface area contributed by atoms with E-state index >= 15 is 0 Å². The van der Waals surface area contributed by atoms with Crippen LogP contribution in [0.5, 0.6) is 0 Å². The first kappa shape index (κ1) is 17.2. The van der Waals surface area contributed by atoms with Crippen LogP contribution in [0, 0.1) is 5.41 Å². The van der Waals surface area contributed by atoms with Crippen molar-refractivity contribution in [3.63, 3.8) is 0 Å². The average Bonchev–Trinajstić information content (AvgIpc) is 2.38. The van der Waals surface area contributed by atoms with Gasteiger partial charge in [0.05, 0.1) is 5.41 Å². The number of hydrogen-bond donors (Lipinski definition) is 3. The van der Waals surface area contributed by atoms with E-state index in [1.807, 2.05) is 20.8 Å². The number of hydrogen-bond acceptors (Lipinski definition) is 3. The van der Waals surface area contributed by atoms with E-state index in [0.717, 1.165) is 0 Å². The van der Waals surface area contributed by atoms with Crippen molar-refractivity contribution in [3.05, 3.63) is 29.8 Å². The number of amides is 2. The lowest BCUT2D eigenvalue weighted by Crippen LogP contribution is -2.53. The van der Waals surface area contributed by atoms with E-state index in [2.05, 4.69) is 10.6 Å². The van der Waals surface area contributed by atoms with Crippen LogP contribution in [0.3, 0.4) is 0 Å². The summed E-state index contributed by atoms with van der Waals surface area (Å²) in [7, 11) is 0. The van der Waals surface area contributed by atoms with Gasteiger partial charge in [-0.2, -0.15) is 0 Å². The van der Waals surface area contributed by atoms with Gasteiger partial charge >= 0.3 is 0 Å². The summed E-state index contributed by atoms with van der Waals surface area (Å²) >= 11 is 0. The minimum Gasteiger partial charge on any atom is -0.352 e. The van der Waals surface area contributed by atoms with Crippen molar-refractivity contribution in [1.29, 1.82) is 0 Å². The van der Waals surface area contributed by atoms with Crippen LogP contribution in [0.1, 0.15) is 45.0 Å². The molecule has 0 aliphatic heterocycles. The zero-order valence-electron chi connectivity index (χ0n) is 13.4. The van der Waals surface area contributed by atoms with Gasteiger partial charge in [0.15, 0.2) is 0 Å². The fourth-order valence-electron chi connectivity index (χ4n) is 1.58. The zero-order valence-corrected chi connectivity index (χ0v) is 13.4. The number of anilines is 1. The van der Waals surface area contributed by atoms with Gasteiger partial charge in [-0.25, -0.2) is 0 Å². The number of carbonyl (C=O) groups excluding carboxylic acids is 2.